The molecule has 5 aromatic rings. The lowest BCUT2D eigenvalue weighted by Crippen LogP contribution is -2.13. The molecule has 1 amide bonds. The maximum atomic E-state index is 12.4. The van der Waals surface area contributed by atoms with Crippen LogP contribution >= 0.6 is 0 Å². The first-order valence-electron chi connectivity index (χ1n) is 9.31. The molecule has 9 heteroatoms. The monoisotopic (exact) mass is 410 g/mol. The van der Waals surface area contributed by atoms with E-state index in [4.69, 9.17) is 4.42 Å². The molecular weight excluding hydrogens is 396 g/mol. The van der Waals surface area contributed by atoms with Gasteiger partial charge in [-0.3, -0.25) is 9.78 Å². The lowest BCUT2D eigenvalue weighted by atomic mass is 10.1. The Morgan fingerprint density at radius 2 is 1.87 bits per heavy atom. The predicted molar refractivity (Wildman–Crippen MR) is 112 cm³/mol. The molecule has 0 bridgehead atoms. The number of nitrogens with one attached hydrogen (secondary N) is 1. The van der Waals surface area contributed by atoms with Crippen LogP contribution in [0.5, 0.6) is 0 Å². The molecule has 1 aromatic carbocycles. The number of hydrogen-bond donors (Lipinski definition) is 1. The highest BCUT2D eigenvalue weighted by molar-refractivity contribution is 6.04. The second kappa shape index (κ2) is 7.64. The number of carbonyl (C=O) groups is 1. The van der Waals surface area contributed by atoms with Gasteiger partial charge in [-0.25, -0.2) is 4.79 Å². The molecule has 31 heavy (non-hydrogen) atoms. The van der Waals surface area contributed by atoms with Crippen molar-refractivity contribution in [2.24, 2.45) is 0 Å². The lowest BCUT2D eigenvalue weighted by Gasteiger charge is -2.08. The molecule has 0 saturated carbocycles. The summed E-state index contributed by atoms with van der Waals surface area (Å²) in [4.78, 5) is 27.6. The molecular formula is C22H14N6O3. The van der Waals surface area contributed by atoms with Crippen molar-refractivity contribution in [1.82, 2.24) is 24.8 Å². The molecule has 5 rings (SSSR count). The average Bonchev–Trinajstić information content (AvgIpc) is 3.23. The van der Waals surface area contributed by atoms with Crippen molar-refractivity contribution in [3.63, 3.8) is 0 Å². The summed E-state index contributed by atoms with van der Waals surface area (Å²) in [6.07, 6.45) is 4.52. The van der Waals surface area contributed by atoms with Crippen molar-refractivity contribution in [3.05, 3.63) is 95.3 Å². The van der Waals surface area contributed by atoms with Gasteiger partial charge in [0.1, 0.15) is 6.26 Å². The van der Waals surface area contributed by atoms with Gasteiger partial charge in [0.2, 0.25) is 0 Å². The molecule has 0 atom stereocenters. The predicted octanol–water partition coefficient (Wildman–Crippen LogP) is 3.06. The van der Waals surface area contributed by atoms with E-state index in [0.29, 0.717) is 22.9 Å². The van der Waals surface area contributed by atoms with Gasteiger partial charge in [0.05, 0.1) is 11.3 Å². The van der Waals surface area contributed by atoms with Gasteiger partial charge in [-0.15, -0.1) is 10.2 Å². The van der Waals surface area contributed by atoms with Crippen molar-refractivity contribution in [2.45, 2.75) is 0 Å². The molecule has 0 aliphatic heterocycles. The summed E-state index contributed by atoms with van der Waals surface area (Å²) in [6.45, 7) is 0. The highest BCUT2D eigenvalue weighted by Gasteiger charge is 2.12. The molecule has 0 unspecified atom stereocenters. The number of benzene rings is 1. The maximum absolute atomic E-state index is 12.4. The Morgan fingerprint density at radius 3 is 2.68 bits per heavy atom. The van der Waals surface area contributed by atoms with Gasteiger partial charge < -0.3 is 9.73 Å². The number of hydrogen-bond acceptors (Lipinski definition) is 7. The maximum Gasteiger partial charge on any atom is 0.335 e. The minimum atomic E-state index is -0.514. The average molecular weight is 410 g/mol. The number of carbonyl (C=O) groups excluding carboxylic acids is 1. The second-order valence-electron chi connectivity index (χ2n) is 6.63. The molecule has 0 aliphatic rings. The van der Waals surface area contributed by atoms with E-state index in [1.165, 1.54) is 12.1 Å². The molecule has 0 radical (unpaired) electrons. The number of anilines is 1. The third-order valence-electron chi connectivity index (χ3n) is 4.56. The number of amides is 1. The zero-order chi connectivity index (χ0) is 21.2. The van der Waals surface area contributed by atoms with Gasteiger partial charge in [-0.1, -0.05) is 12.1 Å². The highest BCUT2D eigenvalue weighted by atomic mass is 16.4. The second-order valence-corrected chi connectivity index (χ2v) is 6.63. The third-order valence-corrected chi connectivity index (χ3v) is 4.56. The lowest BCUT2D eigenvalue weighted by molar-refractivity contribution is 0.102. The van der Waals surface area contributed by atoms with Gasteiger partial charge in [0.25, 0.3) is 5.91 Å². The Labute approximate surface area is 175 Å². The number of pyridine rings is 1. The Kier molecular flexibility index (Phi) is 4.53. The van der Waals surface area contributed by atoms with Gasteiger partial charge in [-0.05, 0) is 42.5 Å². The van der Waals surface area contributed by atoms with E-state index in [-0.39, 0.29) is 11.5 Å². The van der Waals surface area contributed by atoms with Crippen LogP contribution in [0.15, 0.2) is 88.5 Å². The first-order valence-corrected chi connectivity index (χ1v) is 9.31. The first kappa shape index (κ1) is 18.4. The molecule has 4 heterocycles. The van der Waals surface area contributed by atoms with E-state index in [9.17, 15) is 9.59 Å². The quantitative estimate of drug-likeness (QED) is 0.484. The van der Waals surface area contributed by atoms with Crippen molar-refractivity contribution in [3.8, 4) is 22.6 Å². The normalized spacial score (nSPS) is 10.8. The summed E-state index contributed by atoms with van der Waals surface area (Å²) in [5.41, 5.74) is 3.19. The van der Waals surface area contributed by atoms with E-state index < -0.39 is 5.63 Å². The first-order chi connectivity index (χ1) is 15.2. The molecule has 1 N–H and O–H groups in total. The van der Waals surface area contributed by atoms with Crippen molar-refractivity contribution in [2.75, 3.05) is 5.32 Å². The summed E-state index contributed by atoms with van der Waals surface area (Å²) in [5, 5.41) is 15.8. The summed E-state index contributed by atoms with van der Waals surface area (Å²) in [6, 6.07) is 17.3. The van der Waals surface area contributed by atoms with Crippen LogP contribution in [0.25, 0.3) is 28.3 Å². The van der Waals surface area contributed by atoms with Crippen LogP contribution in [0.2, 0.25) is 0 Å². The largest absolute Gasteiger partial charge is 0.430 e. The molecule has 0 aliphatic carbocycles. The molecule has 150 valence electrons. The minimum Gasteiger partial charge on any atom is -0.430 e. The van der Waals surface area contributed by atoms with Crippen LogP contribution in [0.1, 0.15) is 10.4 Å². The van der Waals surface area contributed by atoms with E-state index in [1.54, 1.807) is 29.0 Å². The van der Waals surface area contributed by atoms with Crippen LogP contribution in [0.4, 0.5) is 5.69 Å². The van der Waals surface area contributed by atoms with Crippen LogP contribution < -0.4 is 10.9 Å². The van der Waals surface area contributed by atoms with Crippen molar-refractivity contribution >= 4 is 17.2 Å². The SMILES string of the molecule is O=C(Nc1cccc(-c2ccc3nnc(-c4cccnc4)n3n2)c1)c1ccc(=O)oc1. The Hall–Kier alpha value is -4.66. The van der Waals surface area contributed by atoms with E-state index in [2.05, 4.69) is 25.6 Å². The molecule has 4 aromatic heterocycles. The minimum absolute atomic E-state index is 0.246. The topological polar surface area (TPSA) is 115 Å². The Bertz CT molecular complexity index is 1440. The molecule has 0 spiro atoms. The van der Waals surface area contributed by atoms with Crippen LogP contribution in [0.3, 0.4) is 0 Å². The van der Waals surface area contributed by atoms with Crippen molar-refractivity contribution < 1.29 is 9.21 Å². The van der Waals surface area contributed by atoms with Gasteiger partial charge in [-0.2, -0.15) is 9.61 Å². The van der Waals surface area contributed by atoms with Crippen LogP contribution in [-0.4, -0.2) is 30.7 Å². The highest BCUT2D eigenvalue weighted by Crippen LogP contribution is 2.23. The third kappa shape index (κ3) is 3.67. The standard InChI is InChI=1S/C22H14N6O3/c29-20-9-6-16(13-31-20)22(30)24-17-5-1-3-14(11-17)18-7-8-19-25-26-21(28(19)27-18)15-4-2-10-23-12-15/h1-13H,(H,24,30). The summed E-state index contributed by atoms with van der Waals surface area (Å²) < 4.78 is 6.40. The zero-order valence-corrected chi connectivity index (χ0v) is 16.0. The van der Waals surface area contributed by atoms with E-state index in [1.807, 2.05) is 36.4 Å². The number of nitrogens with zero attached hydrogens (tertiary/aromatic N) is 5. The van der Waals surface area contributed by atoms with Crippen molar-refractivity contribution in [1.29, 1.82) is 0 Å². The van der Waals surface area contributed by atoms with Crippen LogP contribution in [0, 0.1) is 0 Å². The number of aromatic nitrogens is 5. The molecule has 9 nitrogen and oxygen atoms in total. The van der Waals surface area contributed by atoms with E-state index in [0.717, 1.165) is 17.4 Å². The smallest absolute Gasteiger partial charge is 0.335 e. The summed E-state index contributed by atoms with van der Waals surface area (Å²) >= 11 is 0. The van der Waals surface area contributed by atoms with Gasteiger partial charge in [0.15, 0.2) is 11.5 Å². The van der Waals surface area contributed by atoms with Gasteiger partial charge in [0, 0.05) is 35.3 Å². The zero-order valence-electron chi connectivity index (χ0n) is 16.0. The molecule has 0 saturated heterocycles. The summed E-state index contributed by atoms with van der Waals surface area (Å²) in [5.74, 6) is 0.196. The summed E-state index contributed by atoms with van der Waals surface area (Å²) in [7, 11) is 0. The van der Waals surface area contributed by atoms with Crippen LogP contribution in [-0.2, 0) is 0 Å². The fourth-order valence-electron chi connectivity index (χ4n) is 3.06. The fraction of sp³-hybridized carbons (Fsp3) is 0. The van der Waals surface area contributed by atoms with Gasteiger partial charge >= 0.3 is 5.63 Å². The fourth-order valence-corrected chi connectivity index (χ4v) is 3.06. The number of rotatable bonds is 4. The number of fused-ring (bicyclic) bond motifs is 1. The Morgan fingerprint density at radius 1 is 0.968 bits per heavy atom. The van der Waals surface area contributed by atoms with E-state index >= 15 is 0 Å². The molecule has 0 fully saturated rings. The Balaban J connectivity index is 1.47.